The lowest BCUT2D eigenvalue weighted by Crippen LogP contribution is -2.51. The van der Waals surface area contributed by atoms with Gasteiger partial charge in [0.05, 0.1) is 24.8 Å². The van der Waals surface area contributed by atoms with Gasteiger partial charge in [0.25, 0.3) is 10.0 Å². The maximum atomic E-state index is 13.8. The molecule has 1 atom stereocenters. The van der Waals surface area contributed by atoms with Crippen molar-refractivity contribution in [2.45, 2.75) is 31.3 Å². The average Bonchev–Trinajstić information content (AvgIpc) is 2.94. The van der Waals surface area contributed by atoms with Crippen LogP contribution in [0.5, 0.6) is 11.5 Å². The number of amides is 2. The van der Waals surface area contributed by atoms with Crippen LogP contribution in [0.1, 0.15) is 19.4 Å². The summed E-state index contributed by atoms with van der Waals surface area (Å²) < 4.78 is 39.0. The zero-order valence-corrected chi connectivity index (χ0v) is 22.8. The highest BCUT2D eigenvalue weighted by atomic mass is 32.2. The van der Waals surface area contributed by atoms with E-state index in [0.29, 0.717) is 23.7 Å². The fourth-order valence-electron chi connectivity index (χ4n) is 3.87. The van der Waals surface area contributed by atoms with Gasteiger partial charge in [0.15, 0.2) is 0 Å². The van der Waals surface area contributed by atoms with E-state index in [1.54, 1.807) is 81.6 Å². The van der Waals surface area contributed by atoms with Gasteiger partial charge in [0.1, 0.15) is 24.1 Å². The molecule has 0 spiro atoms. The molecule has 1 N–H and O–H groups in total. The molecular formula is C28H33N3O6S. The third-order valence-electron chi connectivity index (χ3n) is 5.98. The molecule has 0 radical (unpaired) electrons. The zero-order valence-electron chi connectivity index (χ0n) is 22.0. The Hall–Kier alpha value is -4.05. The highest BCUT2D eigenvalue weighted by molar-refractivity contribution is 7.92. The number of nitrogens with one attached hydrogen (secondary N) is 1. The Morgan fingerprint density at radius 3 is 2.16 bits per heavy atom. The van der Waals surface area contributed by atoms with Crippen molar-refractivity contribution in [3.05, 3.63) is 84.4 Å². The second kappa shape index (κ2) is 13.0. The van der Waals surface area contributed by atoms with Gasteiger partial charge in [-0.1, -0.05) is 30.3 Å². The Kier molecular flexibility index (Phi) is 9.72. The minimum absolute atomic E-state index is 0.00562. The number of sulfonamides is 1. The second-order valence-corrected chi connectivity index (χ2v) is 10.3. The highest BCUT2D eigenvalue weighted by Gasteiger charge is 2.32. The van der Waals surface area contributed by atoms with Crippen LogP contribution in [0.25, 0.3) is 0 Å². The molecule has 10 heteroatoms. The number of hydrogen-bond donors (Lipinski definition) is 1. The van der Waals surface area contributed by atoms with Gasteiger partial charge in [0, 0.05) is 13.1 Å². The Balaban J connectivity index is 2.00. The van der Waals surface area contributed by atoms with Crippen molar-refractivity contribution in [1.82, 2.24) is 10.2 Å². The van der Waals surface area contributed by atoms with Gasteiger partial charge in [0.2, 0.25) is 11.8 Å². The summed E-state index contributed by atoms with van der Waals surface area (Å²) in [5.74, 6) is 0.237. The summed E-state index contributed by atoms with van der Waals surface area (Å²) in [5, 5.41) is 2.74. The minimum atomic E-state index is -4.14. The molecule has 3 aromatic rings. The monoisotopic (exact) mass is 539 g/mol. The van der Waals surface area contributed by atoms with E-state index in [1.165, 1.54) is 24.1 Å². The van der Waals surface area contributed by atoms with Crippen molar-refractivity contribution < 1.29 is 27.5 Å². The Morgan fingerprint density at radius 2 is 1.55 bits per heavy atom. The molecule has 0 bridgehead atoms. The largest absolute Gasteiger partial charge is 0.497 e. The topological polar surface area (TPSA) is 105 Å². The molecule has 3 aromatic carbocycles. The molecule has 0 heterocycles. The first-order chi connectivity index (χ1) is 18.2. The first-order valence-electron chi connectivity index (χ1n) is 12.1. The number of hydrogen-bond acceptors (Lipinski definition) is 6. The second-order valence-electron chi connectivity index (χ2n) is 8.47. The van der Waals surface area contributed by atoms with E-state index in [2.05, 4.69) is 5.32 Å². The normalized spacial score (nSPS) is 11.8. The first-order valence-corrected chi connectivity index (χ1v) is 13.6. The van der Waals surface area contributed by atoms with Crippen molar-refractivity contribution in [2.75, 3.05) is 31.6 Å². The van der Waals surface area contributed by atoms with E-state index in [-0.39, 0.29) is 17.3 Å². The number of methoxy groups -OCH3 is 2. The Bertz CT molecular complexity index is 1330. The molecule has 2 amide bonds. The van der Waals surface area contributed by atoms with Gasteiger partial charge >= 0.3 is 0 Å². The predicted molar refractivity (Wildman–Crippen MR) is 146 cm³/mol. The quantitative estimate of drug-likeness (QED) is 0.378. The highest BCUT2D eigenvalue weighted by Crippen LogP contribution is 2.26. The summed E-state index contributed by atoms with van der Waals surface area (Å²) in [6.45, 7) is 3.38. The first kappa shape index (κ1) is 28.5. The molecule has 3 rings (SSSR count). The van der Waals surface area contributed by atoms with Crippen LogP contribution in [0.4, 0.5) is 5.69 Å². The van der Waals surface area contributed by atoms with Crippen molar-refractivity contribution >= 4 is 27.5 Å². The molecule has 0 aliphatic rings. The number of rotatable bonds is 12. The van der Waals surface area contributed by atoms with Crippen LogP contribution in [0.2, 0.25) is 0 Å². The minimum Gasteiger partial charge on any atom is -0.497 e. The molecular weight excluding hydrogens is 506 g/mol. The molecule has 0 saturated carbocycles. The maximum absolute atomic E-state index is 13.8. The van der Waals surface area contributed by atoms with Crippen LogP contribution in [0, 0.1) is 0 Å². The summed E-state index contributed by atoms with van der Waals surface area (Å²) in [4.78, 5) is 27.9. The van der Waals surface area contributed by atoms with Crippen molar-refractivity contribution in [3.63, 3.8) is 0 Å². The van der Waals surface area contributed by atoms with Gasteiger partial charge in [-0.05, 0) is 67.9 Å². The number of para-hydroxylation sites is 1. The summed E-state index contributed by atoms with van der Waals surface area (Å²) >= 11 is 0. The molecule has 38 heavy (non-hydrogen) atoms. The van der Waals surface area contributed by atoms with Crippen molar-refractivity contribution in [3.8, 4) is 11.5 Å². The van der Waals surface area contributed by atoms with Crippen molar-refractivity contribution in [1.29, 1.82) is 0 Å². The third-order valence-corrected chi connectivity index (χ3v) is 7.76. The van der Waals surface area contributed by atoms with Gasteiger partial charge in [-0.15, -0.1) is 0 Å². The van der Waals surface area contributed by atoms with Crippen LogP contribution in [-0.2, 0) is 26.2 Å². The van der Waals surface area contributed by atoms with E-state index < -0.39 is 28.5 Å². The van der Waals surface area contributed by atoms with E-state index >= 15 is 0 Å². The van der Waals surface area contributed by atoms with E-state index in [1.807, 2.05) is 6.07 Å². The fraction of sp³-hybridized carbons (Fsp3) is 0.286. The molecule has 0 fully saturated rings. The van der Waals surface area contributed by atoms with Gasteiger partial charge < -0.3 is 19.7 Å². The third kappa shape index (κ3) is 6.83. The van der Waals surface area contributed by atoms with Gasteiger partial charge in [-0.2, -0.15) is 0 Å². The predicted octanol–water partition coefficient (Wildman–Crippen LogP) is 3.45. The lowest BCUT2D eigenvalue weighted by atomic mass is 10.1. The van der Waals surface area contributed by atoms with E-state index in [0.717, 1.165) is 9.87 Å². The lowest BCUT2D eigenvalue weighted by Gasteiger charge is -2.32. The maximum Gasteiger partial charge on any atom is 0.264 e. The van der Waals surface area contributed by atoms with Gasteiger partial charge in [-0.3, -0.25) is 13.9 Å². The molecule has 9 nitrogen and oxygen atoms in total. The molecule has 0 saturated heterocycles. The molecule has 202 valence electrons. The molecule has 0 aromatic heterocycles. The fourth-order valence-corrected chi connectivity index (χ4v) is 5.28. The molecule has 1 unspecified atom stereocenters. The summed E-state index contributed by atoms with van der Waals surface area (Å²) in [6.07, 6.45) is 0. The number of anilines is 1. The summed E-state index contributed by atoms with van der Waals surface area (Å²) in [5.41, 5.74) is 1.06. The molecule has 0 aliphatic carbocycles. The number of benzene rings is 3. The van der Waals surface area contributed by atoms with Crippen molar-refractivity contribution in [2.24, 2.45) is 0 Å². The van der Waals surface area contributed by atoms with Crippen LogP contribution >= 0.6 is 0 Å². The average molecular weight is 540 g/mol. The summed E-state index contributed by atoms with van der Waals surface area (Å²) in [6, 6.07) is 20.6. The van der Waals surface area contributed by atoms with E-state index in [4.69, 9.17) is 9.47 Å². The standard InChI is InChI=1S/C28H33N3O6S/c1-5-29-28(33)21(2)30(19-22-10-9-13-25(18-22)37-4)27(32)20-31(23-11-7-6-8-12-23)38(34,35)26-16-14-24(36-3)15-17-26/h6-18,21H,5,19-20H2,1-4H3,(H,29,33). The van der Waals surface area contributed by atoms with Crippen LogP contribution in [0.15, 0.2) is 83.8 Å². The number of carbonyl (C=O) groups is 2. The Labute approximate surface area is 224 Å². The lowest BCUT2D eigenvalue weighted by molar-refractivity contribution is -0.139. The zero-order chi connectivity index (χ0) is 27.7. The van der Waals surface area contributed by atoms with Gasteiger partial charge in [-0.25, -0.2) is 8.42 Å². The van der Waals surface area contributed by atoms with Crippen LogP contribution < -0.4 is 19.1 Å². The van der Waals surface area contributed by atoms with Crippen LogP contribution in [-0.4, -0.2) is 58.5 Å². The Morgan fingerprint density at radius 1 is 0.895 bits per heavy atom. The number of carbonyl (C=O) groups excluding carboxylic acids is 2. The molecule has 0 aliphatic heterocycles. The number of likely N-dealkylation sites (N-methyl/N-ethyl adjacent to an activating group) is 1. The smallest absolute Gasteiger partial charge is 0.264 e. The number of ether oxygens (including phenoxy) is 2. The summed E-state index contributed by atoms with van der Waals surface area (Å²) in [7, 11) is -1.10. The van der Waals surface area contributed by atoms with E-state index in [9.17, 15) is 18.0 Å². The SMILES string of the molecule is CCNC(=O)C(C)N(Cc1cccc(OC)c1)C(=O)CN(c1ccccc1)S(=O)(=O)c1ccc(OC)cc1. The van der Waals surface area contributed by atoms with Crippen LogP contribution in [0.3, 0.4) is 0 Å². The number of nitrogens with zero attached hydrogens (tertiary/aromatic N) is 2.